The first kappa shape index (κ1) is 17.4. The molecule has 138 valence electrons. The van der Waals surface area contributed by atoms with Crippen molar-refractivity contribution in [1.82, 2.24) is 9.21 Å². The second-order valence-electron chi connectivity index (χ2n) is 7.93. The van der Waals surface area contributed by atoms with E-state index in [0.29, 0.717) is 19.0 Å². The van der Waals surface area contributed by atoms with Crippen LogP contribution in [-0.4, -0.2) is 63.1 Å². The summed E-state index contributed by atoms with van der Waals surface area (Å²) in [6, 6.07) is 6.09. The molecule has 0 N–H and O–H groups in total. The van der Waals surface area contributed by atoms with Crippen molar-refractivity contribution in [2.24, 2.45) is 11.8 Å². The average molecular weight is 368 g/mol. The molecule has 4 atom stereocenters. The lowest BCUT2D eigenvalue weighted by Crippen LogP contribution is -2.40. The fourth-order valence-corrected chi connectivity index (χ4v) is 6.54. The number of ether oxygens (including phenoxy) is 1. The zero-order valence-electron chi connectivity index (χ0n) is 14.7. The number of hydrogen-bond acceptors (Lipinski definition) is 4. The van der Waals surface area contributed by atoms with Crippen molar-refractivity contribution in [3.8, 4) is 0 Å². The Morgan fingerprint density at radius 3 is 2.84 bits per heavy atom. The Kier molecular flexibility index (Phi) is 4.18. The maximum Gasteiger partial charge on any atom is 0.218 e. The summed E-state index contributed by atoms with van der Waals surface area (Å²) in [7, 11) is 0.524. The van der Waals surface area contributed by atoms with E-state index in [1.165, 1.54) is 10.4 Å². The highest BCUT2D eigenvalue weighted by Crippen LogP contribution is 2.55. The molecule has 0 radical (unpaired) electrons. The SMILES string of the molecule is CN(C)C[C@H]1[C@H]2CN(S(=O)(=O)Cc3ccccc3F)C[C@]23CC[C@H]1O3. The first-order chi connectivity index (χ1) is 11.8. The van der Waals surface area contributed by atoms with Crippen LogP contribution in [-0.2, 0) is 20.5 Å². The van der Waals surface area contributed by atoms with Gasteiger partial charge in [-0.3, -0.25) is 0 Å². The molecule has 4 rings (SSSR count). The predicted molar refractivity (Wildman–Crippen MR) is 93.0 cm³/mol. The zero-order chi connectivity index (χ0) is 17.8. The number of hydrogen-bond donors (Lipinski definition) is 0. The third-order valence-corrected chi connectivity index (χ3v) is 7.76. The van der Waals surface area contributed by atoms with Crippen molar-refractivity contribution in [2.45, 2.75) is 30.3 Å². The lowest BCUT2D eigenvalue weighted by molar-refractivity contribution is 0.00738. The van der Waals surface area contributed by atoms with E-state index in [9.17, 15) is 12.8 Å². The summed E-state index contributed by atoms with van der Waals surface area (Å²) < 4.78 is 47.5. The van der Waals surface area contributed by atoms with Crippen LogP contribution in [0.5, 0.6) is 0 Å². The third-order valence-electron chi connectivity index (χ3n) is 6.02. The molecule has 3 saturated heterocycles. The van der Waals surface area contributed by atoms with Crippen molar-refractivity contribution in [2.75, 3.05) is 33.7 Å². The molecule has 7 heteroatoms. The zero-order valence-corrected chi connectivity index (χ0v) is 15.5. The van der Waals surface area contributed by atoms with Gasteiger partial charge in [-0.05, 0) is 33.0 Å². The summed E-state index contributed by atoms with van der Waals surface area (Å²) in [5.41, 5.74) is -0.0969. The molecule has 25 heavy (non-hydrogen) atoms. The average Bonchev–Trinajstić information content (AvgIpc) is 3.19. The van der Waals surface area contributed by atoms with Gasteiger partial charge in [-0.2, -0.15) is 4.31 Å². The molecular weight excluding hydrogens is 343 g/mol. The number of rotatable bonds is 5. The van der Waals surface area contributed by atoms with Gasteiger partial charge in [-0.25, -0.2) is 12.8 Å². The molecule has 3 heterocycles. The van der Waals surface area contributed by atoms with Gasteiger partial charge in [0.2, 0.25) is 10.0 Å². The molecule has 0 aliphatic carbocycles. The van der Waals surface area contributed by atoms with E-state index in [4.69, 9.17) is 4.74 Å². The second-order valence-corrected chi connectivity index (χ2v) is 9.90. The van der Waals surface area contributed by atoms with Crippen LogP contribution in [0.15, 0.2) is 24.3 Å². The lowest BCUT2D eigenvalue weighted by atomic mass is 9.73. The summed E-state index contributed by atoms with van der Waals surface area (Å²) in [5, 5.41) is 0. The van der Waals surface area contributed by atoms with E-state index < -0.39 is 15.8 Å². The van der Waals surface area contributed by atoms with Crippen molar-refractivity contribution in [3.05, 3.63) is 35.6 Å². The van der Waals surface area contributed by atoms with Gasteiger partial charge in [0.05, 0.1) is 17.5 Å². The Labute approximate surface area is 148 Å². The molecular formula is C18H25FN2O3S. The van der Waals surface area contributed by atoms with Gasteiger partial charge in [-0.1, -0.05) is 18.2 Å². The molecule has 3 aliphatic heterocycles. The van der Waals surface area contributed by atoms with Gasteiger partial charge in [0, 0.05) is 37.0 Å². The maximum absolute atomic E-state index is 13.9. The Balaban J connectivity index is 1.54. The molecule has 5 nitrogen and oxygen atoms in total. The van der Waals surface area contributed by atoms with E-state index in [-0.39, 0.29) is 28.9 Å². The number of benzene rings is 1. The fraction of sp³-hybridized carbons (Fsp3) is 0.667. The van der Waals surface area contributed by atoms with Crippen molar-refractivity contribution in [1.29, 1.82) is 0 Å². The third kappa shape index (κ3) is 2.91. The van der Waals surface area contributed by atoms with E-state index in [0.717, 1.165) is 19.4 Å². The molecule has 2 bridgehead atoms. The summed E-state index contributed by atoms with van der Waals surface area (Å²) in [6.07, 6.45) is 2.19. The van der Waals surface area contributed by atoms with Crippen LogP contribution in [0.2, 0.25) is 0 Å². The quantitative estimate of drug-likeness (QED) is 0.794. The number of nitrogens with zero attached hydrogens (tertiary/aromatic N) is 2. The molecule has 0 unspecified atom stereocenters. The van der Waals surface area contributed by atoms with E-state index in [1.54, 1.807) is 18.2 Å². The summed E-state index contributed by atoms with van der Waals surface area (Å²) in [5.74, 6) is -0.141. The van der Waals surface area contributed by atoms with Gasteiger partial charge < -0.3 is 9.64 Å². The topological polar surface area (TPSA) is 49.9 Å². The molecule has 1 aromatic rings. The fourth-order valence-electron chi connectivity index (χ4n) is 4.93. The van der Waals surface area contributed by atoms with E-state index >= 15 is 0 Å². The Morgan fingerprint density at radius 2 is 2.12 bits per heavy atom. The second kappa shape index (κ2) is 6.01. The lowest BCUT2D eigenvalue weighted by Gasteiger charge is -2.31. The van der Waals surface area contributed by atoms with Gasteiger partial charge in [-0.15, -0.1) is 0 Å². The van der Waals surface area contributed by atoms with Gasteiger partial charge >= 0.3 is 0 Å². The first-order valence-corrected chi connectivity index (χ1v) is 10.5. The molecule has 0 saturated carbocycles. The molecule has 0 aromatic heterocycles. The molecule has 1 aromatic carbocycles. The van der Waals surface area contributed by atoms with Gasteiger partial charge in [0.15, 0.2) is 0 Å². The van der Waals surface area contributed by atoms with Crippen LogP contribution in [0.3, 0.4) is 0 Å². The Hall–Kier alpha value is -1.02. The van der Waals surface area contributed by atoms with E-state index in [1.807, 2.05) is 14.1 Å². The largest absolute Gasteiger partial charge is 0.370 e. The number of sulfonamides is 1. The predicted octanol–water partition coefficient (Wildman–Crippen LogP) is 1.70. The molecule has 0 amide bonds. The van der Waals surface area contributed by atoms with Crippen LogP contribution in [0.4, 0.5) is 4.39 Å². The minimum atomic E-state index is -3.56. The molecule has 1 spiro atoms. The Morgan fingerprint density at radius 1 is 1.36 bits per heavy atom. The first-order valence-electron chi connectivity index (χ1n) is 8.84. The standard InChI is InChI=1S/C18H25FN2O3S/c1-20(2)9-14-15-10-21(12-18(15)8-7-17(14)24-18)25(22,23)11-13-5-3-4-6-16(13)19/h3-6,14-15,17H,7-12H2,1-2H3/t14-,15+,17+,18+/m0/s1. The summed E-state index contributed by atoms with van der Waals surface area (Å²) >= 11 is 0. The van der Waals surface area contributed by atoms with Crippen LogP contribution < -0.4 is 0 Å². The minimum absolute atomic E-state index is 0.229. The highest BCUT2D eigenvalue weighted by atomic mass is 32.2. The monoisotopic (exact) mass is 368 g/mol. The van der Waals surface area contributed by atoms with Gasteiger partial charge in [0.1, 0.15) is 5.82 Å². The van der Waals surface area contributed by atoms with Crippen molar-refractivity contribution >= 4 is 10.0 Å². The van der Waals surface area contributed by atoms with E-state index in [2.05, 4.69) is 4.90 Å². The normalized spacial score (nSPS) is 34.8. The van der Waals surface area contributed by atoms with Crippen molar-refractivity contribution < 1.29 is 17.5 Å². The maximum atomic E-state index is 13.9. The molecule has 3 fully saturated rings. The highest BCUT2D eigenvalue weighted by Gasteiger charge is 2.64. The van der Waals surface area contributed by atoms with Gasteiger partial charge in [0.25, 0.3) is 0 Å². The summed E-state index contributed by atoms with van der Waals surface area (Å²) in [4.78, 5) is 2.15. The highest BCUT2D eigenvalue weighted by molar-refractivity contribution is 7.88. The van der Waals surface area contributed by atoms with Crippen LogP contribution >= 0.6 is 0 Å². The number of fused-ring (bicyclic) bond motifs is 1. The Bertz CT molecular complexity index is 769. The number of halogens is 1. The van der Waals surface area contributed by atoms with Crippen molar-refractivity contribution in [3.63, 3.8) is 0 Å². The molecule has 3 aliphatic rings. The summed E-state index contributed by atoms with van der Waals surface area (Å²) in [6.45, 7) is 1.82. The van der Waals surface area contributed by atoms with Crippen LogP contribution in [0, 0.1) is 17.7 Å². The van der Waals surface area contributed by atoms with Crippen LogP contribution in [0.1, 0.15) is 18.4 Å². The van der Waals surface area contributed by atoms with Crippen LogP contribution in [0.25, 0.3) is 0 Å². The smallest absolute Gasteiger partial charge is 0.218 e. The minimum Gasteiger partial charge on any atom is -0.370 e.